The van der Waals surface area contributed by atoms with E-state index in [2.05, 4.69) is 23.1 Å². The van der Waals surface area contributed by atoms with E-state index in [0.29, 0.717) is 12.1 Å². The summed E-state index contributed by atoms with van der Waals surface area (Å²) in [5.41, 5.74) is 3.28. The molecule has 0 bridgehead atoms. The van der Waals surface area contributed by atoms with Gasteiger partial charge in [0.15, 0.2) is 0 Å². The van der Waals surface area contributed by atoms with Crippen molar-refractivity contribution in [1.29, 1.82) is 5.26 Å². The average molecular weight is 324 g/mol. The first-order chi connectivity index (χ1) is 11.5. The van der Waals surface area contributed by atoms with Gasteiger partial charge in [-0.25, -0.2) is 0 Å². The fourth-order valence-corrected chi connectivity index (χ4v) is 2.79. The summed E-state index contributed by atoms with van der Waals surface area (Å²) in [6.07, 6.45) is 0. The van der Waals surface area contributed by atoms with Crippen LogP contribution in [-0.4, -0.2) is 41.9 Å². The second-order valence-electron chi connectivity index (χ2n) is 6.65. The molecule has 0 saturated carbocycles. The van der Waals surface area contributed by atoms with Gasteiger partial charge in [-0.05, 0) is 29.8 Å². The van der Waals surface area contributed by atoms with E-state index in [-0.39, 0.29) is 13.2 Å². The molecule has 0 saturated heterocycles. The Morgan fingerprint density at radius 3 is 2.25 bits per heavy atom. The van der Waals surface area contributed by atoms with Gasteiger partial charge in [0, 0.05) is 18.5 Å². The Hall–Kier alpha value is -2.19. The molecular formula is C20H24N2O2. The molecule has 4 nitrogen and oxygen atoms in total. The standard InChI is InChI=1S/C20H24N2O2/c1-20(14-23,15-24)13-22(2)12-16-7-9-17(10-8-16)19-6-4-3-5-18(19)11-21/h3-10,23-24H,12-15H2,1-2H3. The second-order valence-corrected chi connectivity index (χ2v) is 6.65. The molecule has 0 amide bonds. The molecule has 0 heterocycles. The molecule has 0 unspecified atom stereocenters. The predicted octanol–water partition coefficient (Wildman–Crippen LogP) is 2.65. The lowest BCUT2D eigenvalue weighted by Gasteiger charge is -2.30. The quantitative estimate of drug-likeness (QED) is 0.821. The fraction of sp³-hybridized carbons (Fsp3) is 0.350. The summed E-state index contributed by atoms with van der Waals surface area (Å²) >= 11 is 0. The van der Waals surface area contributed by atoms with Gasteiger partial charge >= 0.3 is 0 Å². The van der Waals surface area contributed by atoms with Crippen LogP contribution in [0.15, 0.2) is 48.5 Å². The molecule has 0 fully saturated rings. The molecule has 0 atom stereocenters. The summed E-state index contributed by atoms with van der Waals surface area (Å²) in [5.74, 6) is 0. The molecule has 4 heteroatoms. The Morgan fingerprint density at radius 2 is 1.67 bits per heavy atom. The van der Waals surface area contributed by atoms with Crippen molar-refractivity contribution in [2.75, 3.05) is 26.8 Å². The lowest BCUT2D eigenvalue weighted by molar-refractivity contribution is 0.0402. The number of aliphatic hydroxyl groups is 2. The van der Waals surface area contributed by atoms with Crippen LogP contribution in [0.4, 0.5) is 0 Å². The third-order valence-electron chi connectivity index (χ3n) is 4.18. The van der Waals surface area contributed by atoms with Crippen molar-refractivity contribution < 1.29 is 10.2 Å². The van der Waals surface area contributed by atoms with Gasteiger partial charge in [0.1, 0.15) is 0 Å². The lowest BCUT2D eigenvalue weighted by Crippen LogP contribution is -2.38. The van der Waals surface area contributed by atoms with Gasteiger partial charge in [-0.15, -0.1) is 0 Å². The third-order valence-corrected chi connectivity index (χ3v) is 4.18. The van der Waals surface area contributed by atoms with E-state index < -0.39 is 5.41 Å². The van der Waals surface area contributed by atoms with Crippen molar-refractivity contribution in [3.05, 3.63) is 59.7 Å². The van der Waals surface area contributed by atoms with Crippen LogP contribution < -0.4 is 0 Å². The molecule has 0 aliphatic carbocycles. The first-order valence-corrected chi connectivity index (χ1v) is 8.00. The minimum Gasteiger partial charge on any atom is -0.396 e. The van der Waals surface area contributed by atoms with E-state index in [0.717, 1.165) is 23.2 Å². The first-order valence-electron chi connectivity index (χ1n) is 8.00. The molecule has 0 radical (unpaired) electrons. The van der Waals surface area contributed by atoms with Gasteiger partial charge < -0.3 is 15.1 Å². The SMILES string of the molecule is CN(Cc1ccc(-c2ccccc2C#N)cc1)CC(C)(CO)CO. The zero-order valence-electron chi connectivity index (χ0n) is 14.2. The number of nitriles is 1. The Kier molecular flexibility index (Phi) is 6.10. The van der Waals surface area contributed by atoms with Crippen LogP contribution in [0.5, 0.6) is 0 Å². The number of hydrogen-bond donors (Lipinski definition) is 2. The summed E-state index contributed by atoms with van der Waals surface area (Å²) in [6, 6.07) is 17.9. The van der Waals surface area contributed by atoms with Crippen LogP contribution in [0, 0.1) is 16.7 Å². The average Bonchev–Trinajstić information content (AvgIpc) is 2.62. The minimum absolute atomic E-state index is 0.0439. The van der Waals surface area contributed by atoms with Gasteiger partial charge in [-0.1, -0.05) is 49.4 Å². The smallest absolute Gasteiger partial charge is 0.0998 e. The van der Waals surface area contributed by atoms with Gasteiger partial charge in [0.2, 0.25) is 0 Å². The van der Waals surface area contributed by atoms with E-state index in [9.17, 15) is 15.5 Å². The summed E-state index contributed by atoms with van der Waals surface area (Å²) in [7, 11) is 1.97. The van der Waals surface area contributed by atoms with Crippen molar-refractivity contribution in [2.24, 2.45) is 5.41 Å². The van der Waals surface area contributed by atoms with Crippen LogP contribution in [0.2, 0.25) is 0 Å². The molecule has 2 rings (SSSR count). The van der Waals surface area contributed by atoms with Crippen LogP contribution >= 0.6 is 0 Å². The number of benzene rings is 2. The van der Waals surface area contributed by atoms with Crippen LogP contribution in [0.25, 0.3) is 11.1 Å². The predicted molar refractivity (Wildman–Crippen MR) is 95.2 cm³/mol. The molecule has 2 N–H and O–H groups in total. The molecule has 0 spiro atoms. The van der Waals surface area contributed by atoms with Gasteiger partial charge in [0.05, 0.1) is 24.8 Å². The van der Waals surface area contributed by atoms with Crippen molar-refractivity contribution in [1.82, 2.24) is 4.90 Å². The molecule has 126 valence electrons. The van der Waals surface area contributed by atoms with Gasteiger partial charge in [0.25, 0.3) is 0 Å². The van der Waals surface area contributed by atoms with Crippen molar-refractivity contribution in [3.63, 3.8) is 0 Å². The Bertz CT molecular complexity index is 700. The fourth-order valence-electron chi connectivity index (χ4n) is 2.79. The van der Waals surface area contributed by atoms with Gasteiger partial charge in [-0.3, -0.25) is 0 Å². The normalized spacial score (nSPS) is 11.5. The second kappa shape index (κ2) is 8.07. The largest absolute Gasteiger partial charge is 0.396 e. The van der Waals surface area contributed by atoms with Crippen LogP contribution in [-0.2, 0) is 6.54 Å². The van der Waals surface area contributed by atoms with Gasteiger partial charge in [-0.2, -0.15) is 5.26 Å². The topological polar surface area (TPSA) is 67.5 Å². The molecular weight excluding hydrogens is 300 g/mol. The third kappa shape index (κ3) is 4.42. The summed E-state index contributed by atoms with van der Waals surface area (Å²) in [6.45, 7) is 3.12. The zero-order valence-corrected chi connectivity index (χ0v) is 14.2. The number of hydrogen-bond acceptors (Lipinski definition) is 4. The monoisotopic (exact) mass is 324 g/mol. The highest BCUT2D eigenvalue weighted by atomic mass is 16.3. The lowest BCUT2D eigenvalue weighted by atomic mass is 9.92. The maximum absolute atomic E-state index is 9.40. The van der Waals surface area contributed by atoms with Crippen molar-refractivity contribution in [2.45, 2.75) is 13.5 Å². The molecule has 2 aromatic rings. The Balaban J connectivity index is 2.09. The number of rotatable bonds is 7. The summed E-state index contributed by atoms with van der Waals surface area (Å²) in [5, 5.41) is 28.0. The van der Waals surface area contributed by atoms with E-state index in [1.165, 1.54) is 0 Å². The van der Waals surface area contributed by atoms with E-state index >= 15 is 0 Å². The highest BCUT2D eigenvalue weighted by molar-refractivity contribution is 5.70. The highest BCUT2D eigenvalue weighted by Crippen LogP contribution is 2.24. The number of aliphatic hydroxyl groups excluding tert-OH is 2. The van der Waals surface area contributed by atoms with E-state index in [4.69, 9.17) is 0 Å². The Morgan fingerprint density at radius 1 is 1.04 bits per heavy atom. The molecule has 0 aliphatic rings. The molecule has 0 aromatic heterocycles. The van der Waals surface area contributed by atoms with Crippen LogP contribution in [0.1, 0.15) is 18.1 Å². The maximum Gasteiger partial charge on any atom is 0.0998 e. The Labute approximate surface area is 143 Å². The molecule has 2 aromatic carbocycles. The van der Waals surface area contributed by atoms with Crippen LogP contribution in [0.3, 0.4) is 0 Å². The van der Waals surface area contributed by atoms with E-state index in [1.54, 1.807) is 0 Å². The highest BCUT2D eigenvalue weighted by Gasteiger charge is 2.24. The summed E-state index contributed by atoms with van der Waals surface area (Å²) in [4.78, 5) is 2.09. The minimum atomic E-state index is -0.500. The maximum atomic E-state index is 9.40. The zero-order chi connectivity index (χ0) is 17.6. The molecule has 0 aliphatic heterocycles. The van der Waals surface area contributed by atoms with Crippen molar-refractivity contribution in [3.8, 4) is 17.2 Å². The molecule has 24 heavy (non-hydrogen) atoms. The first kappa shape index (κ1) is 18.2. The van der Waals surface area contributed by atoms with E-state index in [1.807, 2.05) is 50.4 Å². The summed E-state index contributed by atoms with van der Waals surface area (Å²) < 4.78 is 0. The van der Waals surface area contributed by atoms with Crippen molar-refractivity contribution >= 4 is 0 Å². The number of nitrogens with zero attached hydrogens (tertiary/aromatic N) is 2.